The topological polar surface area (TPSA) is 42.0 Å². The number of aryl methyl sites for hydroxylation is 1. The molecule has 1 amide bonds. The number of anilines is 1. The number of alkyl halides is 3. The Morgan fingerprint density at radius 1 is 1.14 bits per heavy atom. The van der Waals surface area contributed by atoms with Crippen molar-refractivity contribution in [1.29, 1.82) is 0 Å². The van der Waals surface area contributed by atoms with Crippen molar-refractivity contribution in [2.24, 2.45) is 0 Å². The third-order valence-corrected chi connectivity index (χ3v) is 5.60. The summed E-state index contributed by atoms with van der Waals surface area (Å²) in [6.45, 7) is 3.79. The maximum atomic E-state index is 13.2. The lowest BCUT2D eigenvalue weighted by atomic mass is 10.1. The van der Waals surface area contributed by atoms with E-state index in [1.165, 1.54) is 30.0 Å². The van der Waals surface area contributed by atoms with Crippen molar-refractivity contribution in [3.8, 4) is 0 Å². The lowest BCUT2D eigenvalue weighted by Gasteiger charge is -2.18. The highest BCUT2D eigenvalue weighted by atomic mass is 32.2. The normalized spacial score (nSPS) is 12.8. The SMILES string of the molecule is CCC(Sc1cc(C)c2ccccc2n1)C(=O)Nc1ccccc1C(F)(F)F. The molecule has 1 aromatic heterocycles. The number of pyridine rings is 1. The largest absolute Gasteiger partial charge is 0.418 e. The van der Waals surface area contributed by atoms with Crippen LogP contribution in [0.25, 0.3) is 10.9 Å². The Hall–Kier alpha value is -2.54. The van der Waals surface area contributed by atoms with Gasteiger partial charge in [0.25, 0.3) is 0 Å². The van der Waals surface area contributed by atoms with Gasteiger partial charge >= 0.3 is 6.18 Å². The van der Waals surface area contributed by atoms with E-state index in [-0.39, 0.29) is 5.69 Å². The molecular formula is C21H19F3N2OS. The van der Waals surface area contributed by atoms with Gasteiger partial charge in [-0.1, -0.05) is 49.0 Å². The summed E-state index contributed by atoms with van der Waals surface area (Å²) < 4.78 is 39.5. The van der Waals surface area contributed by atoms with E-state index < -0.39 is 22.9 Å². The summed E-state index contributed by atoms with van der Waals surface area (Å²) >= 11 is 1.25. The first-order valence-electron chi connectivity index (χ1n) is 8.79. The fourth-order valence-electron chi connectivity index (χ4n) is 2.90. The lowest BCUT2D eigenvalue weighted by Crippen LogP contribution is -2.26. The van der Waals surface area contributed by atoms with Gasteiger partial charge in [0.15, 0.2) is 0 Å². The van der Waals surface area contributed by atoms with Crippen LogP contribution in [0.2, 0.25) is 0 Å². The number of carbonyl (C=O) groups is 1. The second-order valence-electron chi connectivity index (χ2n) is 6.34. The summed E-state index contributed by atoms with van der Waals surface area (Å²) in [6.07, 6.45) is -4.08. The first-order chi connectivity index (χ1) is 13.3. The van der Waals surface area contributed by atoms with Crippen LogP contribution in [0, 0.1) is 6.92 Å². The van der Waals surface area contributed by atoms with Gasteiger partial charge in [0, 0.05) is 5.39 Å². The van der Waals surface area contributed by atoms with Crippen LogP contribution < -0.4 is 5.32 Å². The van der Waals surface area contributed by atoms with E-state index in [0.29, 0.717) is 11.4 Å². The number of rotatable bonds is 5. The van der Waals surface area contributed by atoms with Crippen molar-refractivity contribution >= 4 is 34.3 Å². The number of thioether (sulfide) groups is 1. The predicted octanol–water partition coefficient (Wildman–Crippen LogP) is 6.07. The second kappa shape index (κ2) is 8.22. The summed E-state index contributed by atoms with van der Waals surface area (Å²) in [5, 5.41) is 3.57. The molecule has 1 heterocycles. The third-order valence-electron chi connectivity index (χ3n) is 4.32. The zero-order chi connectivity index (χ0) is 20.3. The minimum atomic E-state index is -4.53. The van der Waals surface area contributed by atoms with Crippen LogP contribution in [-0.2, 0) is 11.0 Å². The van der Waals surface area contributed by atoms with Crippen molar-refractivity contribution < 1.29 is 18.0 Å². The van der Waals surface area contributed by atoms with Crippen LogP contribution in [0.15, 0.2) is 59.6 Å². The average molecular weight is 404 g/mol. The molecule has 0 aliphatic rings. The summed E-state index contributed by atoms with van der Waals surface area (Å²) in [5.74, 6) is -0.475. The minimum Gasteiger partial charge on any atom is -0.325 e. The van der Waals surface area contributed by atoms with Crippen molar-refractivity contribution in [3.63, 3.8) is 0 Å². The van der Waals surface area contributed by atoms with Crippen molar-refractivity contribution in [1.82, 2.24) is 4.98 Å². The Balaban J connectivity index is 1.82. The summed E-state index contributed by atoms with van der Waals surface area (Å²) in [7, 11) is 0. The number of carbonyl (C=O) groups excluding carboxylic acids is 1. The number of benzene rings is 2. The molecule has 0 fully saturated rings. The quantitative estimate of drug-likeness (QED) is 0.525. The predicted molar refractivity (Wildman–Crippen MR) is 106 cm³/mol. The fourth-order valence-corrected chi connectivity index (χ4v) is 3.92. The zero-order valence-electron chi connectivity index (χ0n) is 15.4. The van der Waals surface area contributed by atoms with E-state index in [4.69, 9.17) is 0 Å². The highest BCUT2D eigenvalue weighted by Crippen LogP contribution is 2.35. The first kappa shape index (κ1) is 20.2. The minimum absolute atomic E-state index is 0.235. The highest BCUT2D eigenvalue weighted by Gasteiger charge is 2.34. The van der Waals surface area contributed by atoms with Crippen LogP contribution in [0.1, 0.15) is 24.5 Å². The molecular weight excluding hydrogens is 385 g/mol. The second-order valence-corrected chi connectivity index (χ2v) is 7.56. The standard InChI is InChI=1S/C21H19F3N2OS/c1-3-18(20(27)26-17-11-7-5-9-15(17)21(22,23)24)28-19-12-13(2)14-8-4-6-10-16(14)25-19/h4-12,18H,3H2,1-2H3,(H,26,27). The van der Waals surface area contributed by atoms with Crippen LogP contribution in [0.3, 0.4) is 0 Å². The van der Waals surface area contributed by atoms with E-state index >= 15 is 0 Å². The molecule has 1 atom stereocenters. The molecule has 0 bridgehead atoms. The fraction of sp³-hybridized carbons (Fsp3) is 0.238. The van der Waals surface area contributed by atoms with Gasteiger partial charge in [0.1, 0.15) is 0 Å². The number of halogens is 3. The van der Waals surface area contributed by atoms with E-state index in [9.17, 15) is 18.0 Å². The average Bonchev–Trinajstić information content (AvgIpc) is 2.65. The summed E-state index contributed by atoms with van der Waals surface area (Å²) in [5.41, 5.74) is 0.762. The molecule has 146 valence electrons. The molecule has 0 aliphatic heterocycles. The van der Waals surface area contributed by atoms with Crippen molar-refractivity contribution in [2.75, 3.05) is 5.32 Å². The smallest absolute Gasteiger partial charge is 0.325 e. The van der Waals surface area contributed by atoms with Crippen LogP contribution in [0.5, 0.6) is 0 Å². The van der Waals surface area contributed by atoms with Gasteiger partial charge in [-0.3, -0.25) is 4.79 Å². The Kier molecular flexibility index (Phi) is 5.93. The Morgan fingerprint density at radius 3 is 2.54 bits per heavy atom. The van der Waals surface area contributed by atoms with Gasteiger partial charge in [-0.2, -0.15) is 13.2 Å². The number of aromatic nitrogens is 1. The van der Waals surface area contributed by atoms with Gasteiger partial charge in [-0.05, 0) is 43.2 Å². The van der Waals surface area contributed by atoms with E-state index in [2.05, 4.69) is 10.3 Å². The monoisotopic (exact) mass is 404 g/mol. The molecule has 1 unspecified atom stereocenters. The van der Waals surface area contributed by atoms with E-state index in [0.717, 1.165) is 22.5 Å². The number of para-hydroxylation sites is 2. The molecule has 0 radical (unpaired) electrons. The van der Waals surface area contributed by atoms with E-state index in [1.807, 2.05) is 44.2 Å². The lowest BCUT2D eigenvalue weighted by molar-refractivity contribution is -0.137. The van der Waals surface area contributed by atoms with Gasteiger partial charge in [-0.25, -0.2) is 4.98 Å². The Bertz CT molecular complexity index is 1000. The number of hydrogen-bond donors (Lipinski definition) is 1. The maximum Gasteiger partial charge on any atom is 0.418 e. The van der Waals surface area contributed by atoms with Crippen molar-refractivity contribution in [2.45, 2.75) is 36.7 Å². The molecule has 3 aromatic rings. The molecule has 0 aliphatic carbocycles. The van der Waals surface area contributed by atoms with Gasteiger partial charge in [0.05, 0.1) is 27.0 Å². The van der Waals surface area contributed by atoms with Gasteiger partial charge < -0.3 is 5.32 Å². The molecule has 0 spiro atoms. The van der Waals surface area contributed by atoms with Crippen LogP contribution in [0.4, 0.5) is 18.9 Å². The molecule has 7 heteroatoms. The van der Waals surface area contributed by atoms with Crippen LogP contribution in [-0.4, -0.2) is 16.1 Å². The van der Waals surface area contributed by atoms with Crippen LogP contribution >= 0.6 is 11.8 Å². The zero-order valence-corrected chi connectivity index (χ0v) is 16.2. The number of amides is 1. The molecule has 0 saturated carbocycles. The Morgan fingerprint density at radius 2 is 1.82 bits per heavy atom. The Labute approximate surface area is 165 Å². The summed E-state index contributed by atoms with van der Waals surface area (Å²) in [6, 6.07) is 14.6. The maximum absolute atomic E-state index is 13.2. The number of nitrogens with zero attached hydrogens (tertiary/aromatic N) is 1. The molecule has 28 heavy (non-hydrogen) atoms. The first-order valence-corrected chi connectivity index (χ1v) is 9.67. The number of fused-ring (bicyclic) bond motifs is 1. The molecule has 2 aromatic carbocycles. The molecule has 0 saturated heterocycles. The number of hydrogen-bond acceptors (Lipinski definition) is 3. The molecule has 3 nitrogen and oxygen atoms in total. The highest BCUT2D eigenvalue weighted by molar-refractivity contribution is 8.00. The summed E-state index contributed by atoms with van der Waals surface area (Å²) in [4.78, 5) is 17.2. The van der Waals surface area contributed by atoms with Gasteiger partial charge in [-0.15, -0.1) is 0 Å². The number of nitrogens with one attached hydrogen (secondary N) is 1. The third kappa shape index (κ3) is 4.47. The molecule has 3 rings (SSSR count). The van der Waals surface area contributed by atoms with E-state index in [1.54, 1.807) is 0 Å². The molecule has 1 N–H and O–H groups in total. The van der Waals surface area contributed by atoms with Gasteiger partial charge in [0.2, 0.25) is 5.91 Å². The van der Waals surface area contributed by atoms with Crippen molar-refractivity contribution in [3.05, 3.63) is 65.7 Å².